The molecule has 136 valence electrons. The van der Waals surface area contributed by atoms with Crippen LogP contribution < -0.4 is 5.73 Å². The highest BCUT2D eigenvalue weighted by Crippen LogP contribution is 2.40. The molecule has 0 radical (unpaired) electrons. The SMILES string of the molecule is COC(=O)c1cc(-c2ccccc2)c(-c2ccccc2)c(N)c1C(=O)OC. The molecule has 5 heteroatoms. The third-order valence-electron chi connectivity index (χ3n) is 4.31. The average molecular weight is 361 g/mol. The number of anilines is 1. The number of carbonyl (C=O) groups is 2. The van der Waals surface area contributed by atoms with Gasteiger partial charge in [0.15, 0.2) is 0 Å². The first-order valence-electron chi connectivity index (χ1n) is 8.32. The van der Waals surface area contributed by atoms with Crippen LogP contribution in [0.5, 0.6) is 0 Å². The van der Waals surface area contributed by atoms with Crippen molar-refractivity contribution in [3.8, 4) is 22.3 Å². The van der Waals surface area contributed by atoms with Crippen LogP contribution in [-0.2, 0) is 9.47 Å². The van der Waals surface area contributed by atoms with E-state index in [1.165, 1.54) is 14.2 Å². The first-order valence-corrected chi connectivity index (χ1v) is 8.32. The predicted octanol–water partition coefficient (Wildman–Crippen LogP) is 4.18. The number of methoxy groups -OCH3 is 2. The van der Waals surface area contributed by atoms with Gasteiger partial charge in [-0.05, 0) is 22.8 Å². The van der Waals surface area contributed by atoms with Crippen LogP contribution >= 0.6 is 0 Å². The van der Waals surface area contributed by atoms with Crippen molar-refractivity contribution in [2.75, 3.05) is 20.0 Å². The topological polar surface area (TPSA) is 78.6 Å². The maximum absolute atomic E-state index is 12.4. The van der Waals surface area contributed by atoms with Gasteiger partial charge in [0.1, 0.15) is 0 Å². The van der Waals surface area contributed by atoms with E-state index < -0.39 is 11.9 Å². The van der Waals surface area contributed by atoms with Crippen LogP contribution in [0.1, 0.15) is 20.7 Å². The molecular weight excluding hydrogens is 342 g/mol. The van der Waals surface area contributed by atoms with E-state index in [0.717, 1.165) is 16.7 Å². The number of rotatable bonds is 4. The number of esters is 2. The zero-order chi connectivity index (χ0) is 19.4. The quantitative estimate of drug-likeness (QED) is 0.557. The molecule has 2 N–H and O–H groups in total. The highest BCUT2D eigenvalue weighted by molar-refractivity contribution is 6.12. The average Bonchev–Trinajstić information content (AvgIpc) is 2.73. The Hall–Kier alpha value is -3.60. The summed E-state index contributed by atoms with van der Waals surface area (Å²) in [6.45, 7) is 0. The number of nitrogen functional groups attached to an aromatic ring is 1. The lowest BCUT2D eigenvalue weighted by atomic mass is 9.88. The molecule has 0 bridgehead atoms. The molecule has 3 aromatic carbocycles. The van der Waals surface area contributed by atoms with Crippen molar-refractivity contribution in [3.63, 3.8) is 0 Å². The van der Waals surface area contributed by atoms with E-state index in [-0.39, 0.29) is 16.8 Å². The Bertz CT molecular complexity index is 982. The highest BCUT2D eigenvalue weighted by atomic mass is 16.5. The molecule has 0 aliphatic rings. The van der Waals surface area contributed by atoms with E-state index in [1.807, 2.05) is 60.7 Å². The van der Waals surface area contributed by atoms with Gasteiger partial charge in [-0.15, -0.1) is 0 Å². The van der Waals surface area contributed by atoms with Gasteiger partial charge in [0.05, 0.1) is 31.0 Å². The summed E-state index contributed by atoms with van der Waals surface area (Å²) in [6.07, 6.45) is 0. The lowest BCUT2D eigenvalue weighted by molar-refractivity contribution is 0.0556. The van der Waals surface area contributed by atoms with Crippen molar-refractivity contribution in [1.29, 1.82) is 0 Å². The second kappa shape index (κ2) is 7.74. The summed E-state index contributed by atoms with van der Waals surface area (Å²) in [4.78, 5) is 24.7. The Labute approximate surface area is 157 Å². The Morgan fingerprint density at radius 1 is 0.778 bits per heavy atom. The molecule has 0 spiro atoms. The van der Waals surface area contributed by atoms with Crippen LogP contribution in [0.15, 0.2) is 66.7 Å². The number of carbonyl (C=O) groups excluding carboxylic acids is 2. The van der Waals surface area contributed by atoms with E-state index in [0.29, 0.717) is 5.56 Å². The fraction of sp³-hybridized carbons (Fsp3) is 0.0909. The fourth-order valence-corrected chi connectivity index (χ4v) is 3.06. The maximum atomic E-state index is 12.4. The van der Waals surface area contributed by atoms with Gasteiger partial charge >= 0.3 is 11.9 Å². The van der Waals surface area contributed by atoms with Gasteiger partial charge in [-0.1, -0.05) is 60.7 Å². The number of ether oxygens (including phenoxy) is 2. The summed E-state index contributed by atoms with van der Waals surface area (Å²) in [5.41, 5.74) is 9.75. The molecule has 0 heterocycles. The monoisotopic (exact) mass is 361 g/mol. The van der Waals surface area contributed by atoms with Gasteiger partial charge < -0.3 is 15.2 Å². The first kappa shape index (κ1) is 18.2. The molecule has 0 unspecified atom stereocenters. The number of hydrogen-bond donors (Lipinski definition) is 1. The Morgan fingerprint density at radius 3 is 1.81 bits per heavy atom. The Kier molecular flexibility index (Phi) is 5.22. The fourth-order valence-electron chi connectivity index (χ4n) is 3.06. The minimum absolute atomic E-state index is 0.00267. The summed E-state index contributed by atoms with van der Waals surface area (Å²) in [5.74, 6) is -1.34. The molecule has 3 rings (SSSR count). The Morgan fingerprint density at radius 2 is 1.30 bits per heavy atom. The zero-order valence-corrected chi connectivity index (χ0v) is 15.1. The number of nitrogens with two attached hydrogens (primary N) is 1. The maximum Gasteiger partial charge on any atom is 0.340 e. The molecule has 0 saturated carbocycles. The normalized spacial score (nSPS) is 10.3. The molecule has 5 nitrogen and oxygen atoms in total. The van der Waals surface area contributed by atoms with Crippen molar-refractivity contribution in [1.82, 2.24) is 0 Å². The van der Waals surface area contributed by atoms with Crippen molar-refractivity contribution >= 4 is 17.6 Å². The second-order valence-corrected chi connectivity index (χ2v) is 5.85. The molecule has 3 aromatic rings. The largest absolute Gasteiger partial charge is 0.465 e. The standard InChI is InChI=1S/C22H19NO4/c1-26-21(24)17-13-16(14-9-5-3-6-10-14)18(15-11-7-4-8-12-15)20(23)19(17)22(25)27-2/h3-13H,23H2,1-2H3. The third kappa shape index (κ3) is 3.40. The van der Waals surface area contributed by atoms with Gasteiger partial charge in [0, 0.05) is 5.56 Å². The van der Waals surface area contributed by atoms with E-state index in [9.17, 15) is 9.59 Å². The van der Waals surface area contributed by atoms with Crippen molar-refractivity contribution < 1.29 is 19.1 Å². The van der Waals surface area contributed by atoms with Crippen molar-refractivity contribution in [3.05, 3.63) is 77.9 Å². The third-order valence-corrected chi connectivity index (χ3v) is 4.31. The minimum atomic E-state index is -0.690. The smallest absolute Gasteiger partial charge is 0.340 e. The number of hydrogen-bond acceptors (Lipinski definition) is 5. The molecule has 0 aliphatic carbocycles. The zero-order valence-electron chi connectivity index (χ0n) is 15.1. The molecule has 0 saturated heterocycles. The van der Waals surface area contributed by atoms with Crippen LogP contribution in [0.25, 0.3) is 22.3 Å². The predicted molar refractivity (Wildman–Crippen MR) is 104 cm³/mol. The molecule has 0 aromatic heterocycles. The molecule has 0 fully saturated rings. The van der Waals surface area contributed by atoms with Gasteiger partial charge in [-0.3, -0.25) is 0 Å². The highest BCUT2D eigenvalue weighted by Gasteiger charge is 2.27. The lowest BCUT2D eigenvalue weighted by Gasteiger charge is -2.18. The summed E-state index contributed by atoms with van der Waals surface area (Å²) in [7, 11) is 2.50. The van der Waals surface area contributed by atoms with E-state index in [4.69, 9.17) is 15.2 Å². The van der Waals surface area contributed by atoms with E-state index >= 15 is 0 Å². The molecule has 0 atom stereocenters. The minimum Gasteiger partial charge on any atom is -0.465 e. The van der Waals surface area contributed by atoms with Crippen molar-refractivity contribution in [2.45, 2.75) is 0 Å². The van der Waals surface area contributed by atoms with Crippen LogP contribution in [-0.4, -0.2) is 26.2 Å². The van der Waals surface area contributed by atoms with Crippen LogP contribution in [0.2, 0.25) is 0 Å². The summed E-state index contributed by atoms with van der Waals surface area (Å²) < 4.78 is 9.72. The van der Waals surface area contributed by atoms with Crippen molar-refractivity contribution in [2.24, 2.45) is 0 Å². The number of benzene rings is 3. The molecular formula is C22H19NO4. The lowest BCUT2D eigenvalue weighted by Crippen LogP contribution is -2.16. The molecule has 0 amide bonds. The summed E-state index contributed by atoms with van der Waals surface area (Å²) in [5, 5.41) is 0. The van der Waals surface area contributed by atoms with Gasteiger partial charge in [-0.25, -0.2) is 9.59 Å². The Balaban J connectivity index is 2.43. The molecule has 0 aliphatic heterocycles. The summed E-state index contributed by atoms with van der Waals surface area (Å²) >= 11 is 0. The molecule has 27 heavy (non-hydrogen) atoms. The first-order chi connectivity index (χ1) is 13.1. The van der Waals surface area contributed by atoms with E-state index in [1.54, 1.807) is 6.07 Å². The second-order valence-electron chi connectivity index (χ2n) is 5.85. The summed E-state index contributed by atoms with van der Waals surface area (Å²) in [6, 6.07) is 20.6. The van der Waals surface area contributed by atoms with Crippen LogP contribution in [0, 0.1) is 0 Å². The van der Waals surface area contributed by atoms with Gasteiger partial charge in [0.25, 0.3) is 0 Å². The van der Waals surface area contributed by atoms with Crippen LogP contribution in [0.3, 0.4) is 0 Å². The van der Waals surface area contributed by atoms with Crippen LogP contribution in [0.4, 0.5) is 5.69 Å². The van der Waals surface area contributed by atoms with E-state index in [2.05, 4.69) is 0 Å². The van der Waals surface area contributed by atoms with Gasteiger partial charge in [-0.2, -0.15) is 0 Å². The van der Waals surface area contributed by atoms with Gasteiger partial charge in [0.2, 0.25) is 0 Å².